The molecule has 2 rings (SSSR count). The van der Waals surface area contributed by atoms with Crippen LogP contribution in [0.2, 0.25) is 0 Å². The van der Waals surface area contributed by atoms with Crippen LogP contribution in [0.3, 0.4) is 0 Å². The molecule has 2 aromatic carbocycles. The van der Waals surface area contributed by atoms with Crippen molar-refractivity contribution in [3.63, 3.8) is 0 Å². The Labute approximate surface area is 158 Å². The Hall–Kier alpha value is -2.49. The number of nitro benzene ring substituents is 1. The number of hydrogen-bond acceptors (Lipinski definition) is 6. The number of rotatable bonds is 10. The zero-order valence-corrected chi connectivity index (χ0v) is 16.0. The van der Waals surface area contributed by atoms with Crippen LogP contribution in [0.4, 0.5) is 5.69 Å². The summed E-state index contributed by atoms with van der Waals surface area (Å²) in [5, 5.41) is 13.9. The fourth-order valence-electron chi connectivity index (χ4n) is 2.36. The average Bonchev–Trinajstić information content (AvgIpc) is 2.61. The van der Waals surface area contributed by atoms with Crippen LogP contribution >= 0.6 is 0 Å². The van der Waals surface area contributed by atoms with Gasteiger partial charge in [0.1, 0.15) is 5.75 Å². The lowest BCUT2D eigenvalue weighted by Crippen LogP contribution is -2.31. The monoisotopic (exact) mass is 393 g/mol. The molecule has 0 bridgehead atoms. The van der Waals surface area contributed by atoms with Gasteiger partial charge in [0.25, 0.3) is 5.69 Å². The molecule has 0 aliphatic heterocycles. The first-order valence-electron chi connectivity index (χ1n) is 8.48. The van der Waals surface area contributed by atoms with Crippen molar-refractivity contribution in [3.8, 4) is 5.75 Å². The second-order valence-electron chi connectivity index (χ2n) is 6.14. The summed E-state index contributed by atoms with van der Waals surface area (Å²) >= 11 is 0. The number of sulfonamides is 1. The van der Waals surface area contributed by atoms with Gasteiger partial charge in [-0.25, -0.2) is 13.1 Å². The number of ether oxygens (including phenoxy) is 1. The molecule has 0 saturated heterocycles. The van der Waals surface area contributed by atoms with E-state index in [-0.39, 0.29) is 23.2 Å². The van der Waals surface area contributed by atoms with Gasteiger partial charge < -0.3 is 10.1 Å². The molecule has 0 heterocycles. The van der Waals surface area contributed by atoms with E-state index in [2.05, 4.69) is 10.0 Å². The summed E-state index contributed by atoms with van der Waals surface area (Å²) < 4.78 is 32.5. The van der Waals surface area contributed by atoms with E-state index in [0.29, 0.717) is 13.1 Å². The molecular formula is C18H23N3O5S. The Morgan fingerprint density at radius 3 is 2.56 bits per heavy atom. The third-order valence-corrected chi connectivity index (χ3v) is 4.99. The molecule has 2 N–H and O–H groups in total. The number of nitro groups is 1. The molecule has 27 heavy (non-hydrogen) atoms. The van der Waals surface area contributed by atoms with Crippen molar-refractivity contribution >= 4 is 15.7 Å². The molecule has 8 nitrogen and oxygen atoms in total. The molecule has 0 aliphatic carbocycles. The molecule has 0 spiro atoms. The van der Waals surface area contributed by atoms with Gasteiger partial charge in [0.2, 0.25) is 10.0 Å². The highest BCUT2D eigenvalue weighted by atomic mass is 32.2. The number of nitrogens with zero attached hydrogens (tertiary/aromatic N) is 1. The molecule has 0 aromatic heterocycles. The van der Waals surface area contributed by atoms with Crippen LogP contribution in [0.5, 0.6) is 5.75 Å². The SMILES string of the molecule is CC(C)Oc1cccc(CNCCNS(=O)(=O)c2cccc([N+](=O)[O-])c2)c1. The minimum Gasteiger partial charge on any atom is -0.491 e. The molecule has 0 atom stereocenters. The predicted molar refractivity (Wildman–Crippen MR) is 102 cm³/mol. The first kappa shape index (κ1) is 20.8. The maximum absolute atomic E-state index is 12.2. The molecular weight excluding hydrogens is 370 g/mol. The normalized spacial score (nSPS) is 11.5. The van der Waals surface area contributed by atoms with Crippen molar-refractivity contribution in [1.29, 1.82) is 0 Å². The van der Waals surface area contributed by atoms with Crippen molar-refractivity contribution in [2.75, 3.05) is 13.1 Å². The quantitative estimate of drug-likeness (QED) is 0.364. The molecule has 146 valence electrons. The highest BCUT2D eigenvalue weighted by Gasteiger charge is 2.16. The molecule has 0 fully saturated rings. The number of hydrogen-bond donors (Lipinski definition) is 2. The van der Waals surface area contributed by atoms with E-state index in [9.17, 15) is 18.5 Å². The van der Waals surface area contributed by atoms with E-state index in [1.807, 2.05) is 38.1 Å². The van der Waals surface area contributed by atoms with Gasteiger partial charge in [-0.2, -0.15) is 0 Å². The van der Waals surface area contributed by atoms with E-state index in [4.69, 9.17) is 4.74 Å². The van der Waals surface area contributed by atoms with Crippen molar-refractivity contribution in [1.82, 2.24) is 10.0 Å². The molecule has 0 saturated carbocycles. The van der Waals surface area contributed by atoms with Crippen LogP contribution in [-0.2, 0) is 16.6 Å². The maximum Gasteiger partial charge on any atom is 0.270 e. The Morgan fingerprint density at radius 2 is 1.85 bits per heavy atom. The van der Waals surface area contributed by atoms with Crippen LogP contribution < -0.4 is 14.8 Å². The summed E-state index contributed by atoms with van der Waals surface area (Å²) in [5.74, 6) is 0.788. The Balaban J connectivity index is 1.82. The summed E-state index contributed by atoms with van der Waals surface area (Å²) in [6, 6.07) is 12.6. The molecule has 2 aromatic rings. The topological polar surface area (TPSA) is 111 Å². The second kappa shape index (κ2) is 9.45. The molecule has 0 aliphatic rings. The van der Waals surface area contributed by atoms with Gasteiger partial charge in [0.15, 0.2) is 0 Å². The number of nitrogens with one attached hydrogen (secondary N) is 2. The van der Waals surface area contributed by atoms with Crippen LogP contribution in [0.15, 0.2) is 53.4 Å². The minimum atomic E-state index is -3.80. The highest BCUT2D eigenvalue weighted by molar-refractivity contribution is 7.89. The summed E-state index contributed by atoms with van der Waals surface area (Å²) in [7, 11) is -3.80. The van der Waals surface area contributed by atoms with Crippen LogP contribution in [0, 0.1) is 10.1 Å². The van der Waals surface area contributed by atoms with Crippen molar-refractivity contribution < 1.29 is 18.1 Å². The zero-order chi connectivity index (χ0) is 19.9. The van der Waals surface area contributed by atoms with Gasteiger partial charge in [-0.15, -0.1) is 0 Å². The van der Waals surface area contributed by atoms with Crippen molar-refractivity contribution in [3.05, 3.63) is 64.2 Å². The Kier molecular flexibility index (Phi) is 7.28. The van der Waals surface area contributed by atoms with Crippen LogP contribution in [-0.4, -0.2) is 32.5 Å². The third-order valence-electron chi connectivity index (χ3n) is 3.53. The first-order chi connectivity index (χ1) is 12.8. The fourth-order valence-corrected chi connectivity index (χ4v) is 3.43. The second-order valence-corrected chi connectivity index (χ2v) is 7.91. The summed E-state index contributed by atoms with van der Waals surface area (Å²) in [6.45, 7) is 5.04. The average molecular weight is 393 g/mol. The highest BCUT2D eigenvalue weighted by Crippen LogP contribution is 2.17. The Morgan fingerprint density at radius 1 is 1.11 bits per heavy atom. The lowest BCUT2D eigenvalue weighted by molar-refractivity contribution is -0.385. The summed E-state index contributed by atoms with van der Waals surface area (Å²) in [6.07, 6.45) is 0.0939. The minimum absolute atomic E-state index is 0.0939. The lowest BCUT2D eigenvalue weighted by Gasteiger charge is -2.11. The number of benzene rings is 2. The summed E-state index contributed by atoms with van der Waals surface area (Å²) in [4.78, 5) is 10.0. The van der Waals surface area contributed by atoms with Gasteiger partial charge in [0, 0.05) is 31.8 Å². The van der Waals surface area contributed by atoms with Gasteiger partial charge in [-0.05, 0) is 37.6 Å². The van der Waals surface area contributed by atoms with Gasteiger partial charge in [0.05, 0.1) is 15.9 Å². The van der Waals surface area contributed by atoms with E-state index < -0.39 is 14.9 Å². The van der Waals surface area contributed by atoms with Crippen LogP contribution in [0.1, 0.15) is 19.4 Å². The summed E-state index contributed by atoms with van der Waals surface area (Å²) in [5.41, 5.74) is 0.759. The zero-order valence-electron chi connectivity index (χ0n) is 15.2. The van der Waals surface area contributed by atoms with Crippen molar-refractivity contribution in [2.45, 2.75) is 31.4 Å². The largest absolute Gasteiger partial charge is 0.491 e. The standard InChI is InChI=1S/C18H23N3O5S/c1-14(2)26-17-7-3-5-15(11-17)13-19-9-10-20-27(24,25)18-8-4-6-16(12-18)21(22)23/h3-8,11-12,14,19-20H,9-10,13H2,1-2H3. The molecule has 0 unspecified atom stereocenters. The molecule has 0 radical (unpaired) electrons. The van der Waals surface area contributed by atoms with Crippen molar-refractivity contribution in [2.24, 2.45) is 0 Å². The predicted octanol–water partition coefficient (Wildman–Crippen LogP) is 2.45. The van der Waals surface area contributed by atoms with Gasteiger partial charge in [-0.3, -0.25) is 10.1 Å². The lowest BCUT2D eigenvalue weighted by atomic mass is 10.2. The van der Waals surface area contributed by atoms with E-state index in [1.165, 1.54) is 18.2 Å². The third kappa shape index (κ3) is 6.63. The maximum atomic E-state index is 12.2. The van der Waals surface area contributed by atoms with Gasteiger partial charge in [-0.1, -0.05) is 18.2 Å². The fraction of sp³-hybridized carbons (Fsp3) is 0.333. The van der Waals surface area contributed by atoms with Gasteiger partial charge >= 0.3 is 0 Å². The number of non-ortho nitro benzene ring substituents is 1. The first-order valence-corrected chi connectivity index (χ1v) is 9.96. The smallest absolute Gasteiger partial charge is 0.270 e. The van der Waals surface area contributed by atoms with E-state index >= 15 is 0 Å². The molecule has 0 amide bonds. The van der Waals surface area contributed by atoms with E-state index in [1.54, 1.807) is 0 Å². The molecule has 9 heteroatoms. The van der Waals surface area contributed by atoms with Crippen LogP contribution in [0.25, 0.3) is 0 Å². The Bertz CT molecular complexity index is 884. The van der Waals surface area contributed by atoms with E-state index in [0.717, 1.165) is 17.4 Å².